The fourth-order valence-electron chi connectivity index (χ4n) is 3.21. The maximum absolute atomic E-state index is 12.9. The molecule has 21 heavy (non-hydrogen) atoms. The third-order valence-electron chi connectivity index (χ3n) is 4.34. The first-order chi connectivity index (χ1) is 10.3. The number of benzene rings is 2. The van der Waals surface area contributed by atoms with E-state index in [1.165, 1.54) is 17.2 Å². The van der Waals surface area contributed by atoms with E-state index < -0.39 is 10.8 Å². The molecule has 1 aliphatic carbocycles. The van der Waals surface area contributed by atoms with Gasteiger partial charge in [0.1, 0.15) is 0 Å². The van der Waals surface area contributed by atoms with Crippen LogP contribution in [0.2, 0.25) is 0 Å². The molecule has 0 heterocycles. The molecule has 1 fully saturated rings. The second-order valence-corrected chi connectivity index (χ2v) is 7.51. The van der Waals surface area contributed by atoms with E-state index in [0.717, 1.165) is 30.7 Å². The van der Waals surface area contributed by atoms with Crippen molar-refractivity contribution in [3.63, 3.8) is 0 Å². The number of hydrogen-bond donors (Lipinski definition) is 1. The van der Waals surface area contributed by atoms with Gasteiger partial charge in [-0.3, -0.25) is 4.21 Å². The SMILES string of the molecule is CCCNC1CCCC1S(=O)c1ccc2ccccc2c1. The van der Waals surface area contributed by atoms with Gasteiger partial charge in [-0.15, -0.1) is 0 Å². The Morgan fingerprint density at radius 2 is 1.95 bits per heavy atom. The Labute approximate surface area is 129 Å². The van der Waals surface area contributed by atoms with Crippen LogP contribution in [-0.4, -0.2) is 22.0 Å². The highest BCUT2D eigenvalue weighted by atomic mass is 32.2. The lowest BCUT2D eigenvalue weighted by Gasteiger charge is -2.20. The predicted octanol–water partition coefficient (Wildman–Crippen LogP) is 3.87. The van der Waals surface area contributed by atoms with Crippen molar-refractivity contribution in [2.24, 2.45) is 0 Å². The Morgan fingerprint density at radius 3 is 2.76 bits per heavy atom. The molecule has 0 amide bonds. The molecule has 0 bridgehead atoms. The predicted molar refractivity (Wildman–Crippen MR) is 90.1 cm³/mol. The van der Waals surface area contributed by atoms with E-state index in [4.69, 9.17) is 0 Å². The zero-order chi connectivity index (χ0) is 14.7. The normalized spacial score (nSPS) is 23.5. The minimum absolute atomic E-state index is 0.262. The van der Waals surface area contributed by atoms with Crippen molar-refractivity contribution in [1.82, 2.24) is 5.32 Å². The smallest absolute Gasteiger partial charge is 0.0576 e. The van der Waals surface area contributed by atoms with Crippen molar-refractivity contribution in [3.8, 4) is 0 Å². The summed E-state index contributed by atoms with van der Waals surface area (Å²) in [6, 6.07) is 14.9. The molecule has 2 aromatic rings. The molecule has 0 radical (unpaired) electrons. The van der Waals surface area contributed by atoms with Crippen LogP contribution < -0.4 is 5.32 Å². The van der Waals surface area contributed by atoms with Crippen molar-refractivity contribution < 1.29 is 4.21 Å². The van der Waals surface area contributed by atoms with E-state index >= 15 is 0 Å². The van der Waals surface area contributed by atoms with Gasteiger partial charge in [0.05, 0.1) is 16.0 Å². The number of rotatable bonds is 5. The highest BCUT2D eigenvalue weighted by molar-refractivity contribution is 7.85. The highest BCUT2D eigenvalue weighted by Gasteiger charge is 2.32. The van der Waals surface area contributed by atoms with Crippen LogP contribution in [0.4, 0.5) is 0 Å². The number of nitrogens with one attached hydrogen (secondary N) is 1. The molecule has 112 valence electrons. The molecule has 0 aliphatic heterocycles. The van der Waals surface area contributed by atoms with E-state index in [1.54, 1.807) is 0 Å². The maximum Gasteiger partial charge on any atom is 0.0576 e. The summed E-state index contributed by atoms with van der Waals surface area (Å²) >= 11 is 0. The van der Waals surface area contributed by atoms with Gasteiger partial charge in [0.25, 0.3) is 0 Å². The van der Waals surface area contributed by atoms with Crippen LogP contribution >= 0.6 is 0 Å². The molecule has 1 saturated carbocycles. The minimum Gasteiger partial charge on any atom is -0.313 e. The van der Waals surface area contributed by atoms with Gasteiger partial charge in [-0.1, -0.05) is 43.7 Å². The lowest BCUT2D eigenvalue weighted by Crippen LogP contribution is -2.38. The molecule has 0 saturated heterocycles. The molecular formula is C18H23NOS. The monoisotopic (exact) mass is 301 g/mol. The summed E-state index contributed by atoms with van der Waals surface area (Å²) in [4.78, 5) is 0.976. The van der Waals surface area contributed by atoms with Crippen molar-refractivity contribution in [1.29, 1.82) is 0 Å². The van der Waals surface area contributed by atoms with Gasteiger partial charge in [0.2, 0.25) is 0 Å². The lowest BCUT2D eigenvalue weighted by atomic mass is 10.1. The first-order valence-corrected chi connectivity index (χ1v) is 9.13. The van der Waals surface area contributed by atoms with Crippen LogP contribution in [-0.2, 0) is 10.8 Å². The quantitative estimate of drug-likeness (QED) is 0.908. The van der Waals surface area contributed by atoms with Gasteiger partial charge in [0, 0.05) is 10.9 Å². The summed E-state index contributed by atoms with van der Waals surface area (Å²) in [5, 5.41) is 6.23. The summed E-state index contributed by atoms with van der Waals surface area (Å²) in [6.07, 6.45) is 4.54. The largest absolute Gasteiger partial charge is 0.313 e. The van der Waals surface area contributed by atoms with E-state index in [9.17, 15) is 4.21 Å². The Bertz CT molecular complexity index is 640. The third kappa shape index (κ3) is 3.19. The van der Waals surface area contributed by atoms with Crippen LogP contribution in [0.15, 0.2) is 47.4 Å². The van der Waals surface area contributed by atoms with E-state index in [-0.39, 0.29) is 5.25 Å². The van der Waals surface area contributed by atoms with Crippen molar-refractivity contribution in [2.75, 3.05) is 6.54 Å². The minimum atomic E-state index is -0.911. The zero-order valence-corrected chi connectivity index (χ0v) is 13.4. The maximum atomic E-state index is 12.9. The molecule has 1 aliphatic rings. The van der Waals surface area contributed by atoms with Crippen LogP contribution in [0.1, 0.15) is 32.6 Å². The second kappa shape index (κ2) is 6.71. The van der Waals surface area contributed by atoms with E-state index in [1.807, 2.05) is 18.2 Å². The first-order valence-electron chi connectivity index (χ1n) is 7.92. The summed E-state index contributed by atoms with van der Waals surface area (Å²) in [5.41, 5.74) is 0. The topological polar surface area (TPSA) is 29.1 Å². The van der Waals surface area contributed by atoms with Crippen molar-refractivity contribution in [3.05, 3.63) is 42.5 Å². The molecule has 2 nitrogen and oxygen atoms in total. The van der Waals surface area contributed by atoms with Gasteiger partial charge in [0.15, 0.2) is 0 Å². The summed E-state index contributed by atoms with van der Waals surface area (Å²) in [7, 11) is -0.911. The van der Waals surface area contributed by atoms with Crippen LogP contribution in [0, 0.1) is 0 Å². The number of fused-ring (bicyclic) bond motifs is 1. The molecule has 0 aromatic heterocycles. The van der Waals surface area contributed by atoms with E-state index in [0.29, 0.717) is 6.04 Å². The molecule has 3 heteroatoms. The first kappa shape index (κ1) is 14.7. The highest BCUT2D eigenvalue weighted by Crippen LogP contribution is 2.29. The van der Waals surface area contributed by atoms with Crippen molar-refractivity contribution in [2.45, 2.75) is 48.8 Å². The fourth-order valence-corrected chi connectivity index (χ4v) is 4.92. The Hall–Kier alpha value is -1.19. The average Bonchev–Trinajstić information content (AvgIpc) is 3.00. The third-order valence-corrected chi connectivity index (χ3v) is 6.17. The van der Waals surface area contributed by atoms with Crippen LogP contribution in [0.5, 0.6) is 0 Å². The zero-order valence-electron chi connectivity index (χ0n) is 12.5. The van der Waals surface area contributed by atoms with Gasteiger partial charge < -0.3 is 5.32 Å². The standard InChI is InChI=1S/C18H23NOS/c1-2-12-19-17-8-5-9-18(17)21(20)16-11-10-14-6-3-4-7-15(14)13-16/h3-4,6-7,10-11,13,17-19H,2,5,8-9,12H2,1H3. The van der Waals surface area contributed by atoms with Crippen LogP contribution in [0.25, 0.3) is 10.8 Å². The molecule has 1 N–H and O–H groups in total. The molecule has 3 rings (SSSR count). The Morgan fingerprint density at radius 1 is 1.14 bits per heavy atom. The second-order valence-electron chi connectivity index (χ2n) is 5.84. The van der Waals surface area contributed by atoms with Gasteiger partial charge in [-0.2, -0.15) is 0 Å². The fraction of sp³-hybridized carbons (Fsp3) is 0.444. The van der Waals surface area contributed by atoms with Gasteiger partial charge in [-0.25, -0.2) is 0 Å². The molecule has 3 unspecified atom stereocenters. The lowest BCUT2D eigenvalue weighted by molar-refractivity contribution is 0.523. The Kier molecular flexibility index (Phi) is 4.71. The van der Waals surface area contributed by atoms with Crippen LogP contribution in [0.3, 0.4) is 0 Å². The van der Waals surface area contributed by atoms with E-state index in [2.05, 4.69) is 36.5 Å². The molecule has 0 spiro atoms. The van der Waals surface area contributed by atoms with Crippen molar-refractivity contribution >= 4 is 21.6 Å². The van der Waals surface area contributed by atoms with Gasteiger partial charge in [-0.05, 0) is 48.7 Å². The Balaban J connectivity index is 1.82. The summed E-state index contributed by atoms with van der Waals surface area (Å²) in [6.45, 7) is 3.20. The summed E-state index contributed by atoms with van der Waals surface area (Å²) < 4.78 is 12.9. The van der Waals surface area contributed by atoms with Gasteiger partial charge >= 0.3 is 0 Å². The average molecular weight is 301 g/mol. The molecule has 3 atom stereocenters. The summed E-state index contributed by atoms with van der Waals surface area (Å²) in [5.74, 6) is 0. The number of hydrogen-bond acceptors (Lipinski definition) is 2. The molecular weight excluding hydrogens is 278 g/mol. The molecule has 2 aromatic carbocycles.